The molecule has 0 saturated carbocycles. The van der Waals surface area contributed by atoms with Crippen LogP contribution in [0.15, 0.2) is 51.1 Å². The van der Waals surface area contributed by atoms with Crippen molar-refractivity contribution in [3.05, 3.63) is 73.9 Å². The predicted molar refractivity (Wildman–Crippen MR) is 108 cm³/mol. The van der Waals surface area contributed by atoms with E-state index in [9.17, 15) is 9.59 Å². The van der Waals surface area contributed by atoms with Gasteiger partial charge in [0.15, 0.2) is 0 Å². The number of nitrogens with zero attached hydrogens (tertiary/aromatic N) is 2. The van der Waals surface area contributed by atoms with Crippen LogP contribution in [0, 0.1) is 6.92 Å². The summed E-state index contributed by atoms with van der Waals surface area (Å²) in [5.74, 6) is 1.12. The quantitative estimate of drug-likeness (QED) is 0.704. The second-order valence-corrected chi connectivity index (χ2v) is 6.67. The van der Waals surface area contributed by atoms with Crippen LogP contribution >= 0.6 is 0 Å². The Kier molecular flexibility index (Phi) is 5.26. The van der Waals surface area contributed by atoms with Crippen LogP contribution in [-0.2, 0) is 0 Å². The van der Waals surface area contributed by atoms with E-state index in [0.29, 0.717) is 17.5 Å². The number of aromatic nitrogens is 2. The van der Waals surface area contributed by atoms with Crippen LogP contribution in [0.3, 0.4) is 0 Å². The topological polar surface area (TPSA) is 76.5 Å². The van der Waals surface area contributed by atoms with Gasteiger partial charge >= 0.3 is 5.69 Å². The molecule has 0 fully saturated rings. The molecular formula is C21H23N3O3. The Morgan fingerprint density at radius 1 is 1.22 bits per heavy atom. The van der Waals surface area contributed by atoms with Crippen LogP contribution in [0.25, 0.3) is 10.9 Å². The van der Waals surface area contributed by atoms with Crippen molar-refractivity contribution in [3.8, 4) is 5.75 Å². The molecule has 6 heteroatoms. The predicted octanol–water partition coefficient (Wildman–Crippen LogP) is 3.40. The van der Waals surface area contributed by atoms with E-state index in [4.69, 9.17) is 4.74 Å². The van der Waals surface area contributed by atoms with Gasteiger partial charge in [0.25, 0.3) is 5.56 Å². The summed E-state index contributed by atoms with van der Waals surface area (Å²) in [6.45, 7) is 8.67. The Hall–Kier alpha value is -3.15. The van der Waals surface area contributed by atoms with Crippen molar-refractivity contribution in [2.75, 3.05) is 6.61 Å². The van der Waals surface area contributed by atoms with E-state index in [1.165, 1.54) is 0 Å². The summed E-state index contributed by atoms with van der Waals surface area (Å²) in [6.07, 6.45) is 1.54. The van der Waals surface area contributed by atoms with E-state index < -0.39 is 11.2 Å². The van der Waals surface area contributed by atoms with Gasteiger partial charge in [-0.25, -0.2) is 4.79 Å². The molecule has 2 aromatic carbocycles. The number of ether oxygens (including phenoxy) is 1. The van der Waals surface area contributed by atoms with E-state index in [1.807, 2.05) is 26.0 Å². The van der Waals surface area contributed by atoms with E-state index in [1.54, 1.807) is 30.5 Å². The fraction of sp³-hybridized carbons (Fsp3) is 0.286. The molecule has 3 aromatic rings. The number of nitrogens with one attached hydrogen (secondary N) is 1. The highest BCUT2D eigenvalue weighted by molar-refractivity contribution is 5.83. The molecule has 1 aromatic heterocycles. The molecule has 0 aliphatic rings. The van der Waals surface area contributed by atoms with Gasteiger partial charge in [0, 0.05) is 0 Å². The molecule has 6 nitrogen and oxygen atoms in total. The summed E-state index contributed by atoms with van der Waals surface area (Å²) < 4.78 is 6.58. The number of hydrogen-bond acceptors (Lipinski definition) is 4. The zero-order valence-corrected chi connectivity index (χ0v) is 15.9. The normalized spacial score (nSPS) is 11.6. The highest BCUT2D eigenvalue weighted by atomic mass is 16.5. The monoisotopic (exact) mass is 365 g/mol. The number of aryl methyl sites for hydroxylation is 1. The van der Waals surface area contributed by atoms with Gasteiger partial charge in [-0.05, 0) is 60.7 Å². The lowest BCUT2D eigenvalue weighted by atomic mass is 9.97. The minimum atomic E-state index is -0.567. The molecular weight excluding hydrogens is 342 g/mol. The number of fused-ring (bicyclic) bond motifs is 1. The molecule has 1 N–H and O–H groups in total. The van der Waals surface area contributed by atoms with Gasteiger partial charge in [-0.3, -0.25) is 4.79 Å². The Bertz CT molecular complexity index is 1120. The molecule has 0 unspecified atom stereocenters. The first kappa shape index (κ1) is 18.6. The molecule has 0 bridgehead atoms. The molecule has 1 heterocycles. The first-order valence-electron chi connectivity index (χ1n) is 8.98. The fourth-order valence-corrected chi connectivity index (χ4v) is 2.96. The SMILES string of the molecule is CCOc1cc(C)c(C=Nn2c(=O)[nH]c3ccccc3c2=O)cc1C(C)C. The molecule has 0 amide bonds. The van der Waals surface area contributed by atoms with Crippen molar-refractivity contribution >= 4 is 17.1 Å². The molecule has 27 heavy (non-hydrogen) atoms. The van der Waals surface area contributed by atoms with Crippen molar-refractivity contribution < 1.29 is 4.74 Å². The molecule has 0 atom stereocenters. The standard InChI is InChI=1S/C21H23N3O3/c1-5-27-19-10-14(4)15(11-17(19)13(2)3)12-22-24-20(25)16-8-6-7-9-18(16)23-21(24)26/h6-13H,5H2,1-4H3,(H,23,26). The molecule has 140 valence electrons. The molecule has 3 rings (SSSR count). The van der Waals surface area contributed by atoms with Crippen LogP contribution in [0.2, 0.25) is 0 Å². The van der Waals surface area contributed by atoms with Crippen LogP contribution in [-0.4, -0.2) is 22.5 Å². The highest BCUT2D eigenvalue weighted by Gasteiger charge is 2.11. The molecule has 0 aliphatic carbocycles. The lowest BCUT2D eigenvalue weighted by Crippen LogP contribution is -2.32. The first-order chi connectivity index (χ1) is 12.9. The summed E-state index contributed by atoms with van der Waals surface area (Å²) in [5, 5.41) is 4.57. The Morgan fingerprint density at radius 2 is 1.96 bits per heavy atom. The second kappa shape index (κ2) is 7.61. The van der Waals surface area contributed by atoms with Gasteiger partial charge in [-0.2, -0.15) is 5.10 Å². The number of aromatic amines is 1. The number of H-pyrrole nitrogens is 1. The summed E-state index contributed by atoms with van der Waals surface area (Å²) in [4.78, 5) is 27.5. The maximum atomic E-state index is 12.6. The van der Waals surface area contributed by atoms with Gasteiger partial charge < -0.3 is 9.72 Å². The van der Waals surface area contributed by atoms with Gasteiger partial charge in [0.2, 0.25) is 0 Å². The van der Waals surface area contributed by atoms with E-state index in [0.717, 1.165) is 27.1 Å². The molecule has 0 aliphatic heterocycles. The van der Waals surface area contributed by atoms with Gasteiger partial charge in [-0.1, -0.05) is 26.0 Å². The van der Waals surface area contributed by atoms with Crippen molar-refractivity contribution in [1.29, 1.82) is 0 Å². The zero-order valence-electron chi connectivity index (χ0n) is 15.9. The van der Waals surface area contributed by atoms with E-state index >= 15 is 0 Å². The third-order valence-electron chi connectivity index (χ3n) is 4.42. The van der Waals surface area contributed by atoms with Crippen molar-refractivity contribution in [3.63, 3.8) is 0 Å². The van der Waals surface area contributed by atoms with Crippen molar-refractivity contribution in [2.24, 2.45) is 5.10 Å². The lowest BCUT2D eigenvalue weighted by Gasteiger charge is -2.15. The van der Waals surface area contributed by atoms with Gasteiger partial charge in [0.05, 0.1) is 23.7 Å². The van der Waals surface area contributed by atoms with E-state index in [2.05, 4.69) is 23.9 Å². The van der Waals surface area contributed by atoms with Crippen molar-refractivity contribution in [2.45, 2.75) is 33.6 Å². The second-order valence-electron chi connectivity index (χ2n) is 6.67. The minimum absolute atomic E-state index is 0.270. The summed E-state index contributed by atoms with van der Waals surface area (Å²) >= 11 is 0. The average molecular weight is 365 g/mol. The van der Waals surface area contributed by atoms with E-state index in [-0.39, 0.29) is 5.92 Å². The molecule has 0 radical (unpaired) electrons. The number of benzene rings is 2. The largest absolute Gasteiger partial charge is 0.494 e. The molecule has 0 saturated heterocycles. The Morgan fingerprint density at radius 3 is 2.67 bits per heavy atom. The van der Waals surface area contributed by atoms with Crippen LogP contribution < -0.4 is 16.0 Å². The number of hydrogen-bond donors (Lipinski definition) is 1. The summed E-state index contributed by atoms with van der Waals surface area (Å²) in [7, 11) is 0. The smallest absolute Gasteiger partial charge is 0.349 e. The Balaban J connectivity index is 2.09. The summed E-state index contributed by atoms with van der Waals surface area (Å²) in [6, 6.07) is 10.8. The lowest BCUT2D eigenvalue weighted by molar-refractivity contribution is 0.335. The van der Waals surface area contributed by atoms with Crippen LogP contribution in [0.1, 0.15) is 43.4 Å². The minimum Gasteiger partial charge on any atom is -0.494 e. The third-order valence-corrected chi connectivity index (χ3v) is 4.42. The third kappa shape index (κ3) is 3.69. The fourth-order valence-electron chi connectivity index (χ4n) is 2.96. The van der Waals surface area contributed by atoms with Crippen LogP contribution in [0.5, 0.6) is 5.75 Å². The average Bonchev–Trinajstić information content (AvgIpc) is 2.63. The first-order valence-corrected chi connectivity index (χ1v) is 8.98. The number of rotatable bonds is 5. The van der Waals surface area contributed by atoms with Gasteiger partial charge in [-0.15, -0.1) is 4.68 Å². The maximum absolute atomic E-state index is 12.6. The number of para-hydroxylation sites is 1. The Labute approximate surface area is 157 Å². The molecule has 0 spiro atoms. The maximum Gasteiger partial charge on any atom is 0.349 e. The van der Waals surface area contributed by atoms with Gasteiger partial charge in [0.1, 0.15) is 5.75 Å². The highest BCUT2D eigenvalue weighted by Crippen LogP contribution is 2.29. The van der Waals surface area contributed by atoms with Crippen LogP contribution in [0.4, 0.5) is 0 Å². The van der Waals surface area contributed by atoms with Crippen molar-refractivity contribution in [1.82, 2.24) is 9.66 Å². The zero-order chi connectivity index (χ0) is 19.6. The summed E-state index contributed by atoms with van der Waals surface area (Å²) in [5.41, 5.74) is 2.33.